The first-order valence-electron chi connectivity index (χ1n) is 4.23. The minimum atomic E-state index is -2.55. The summed E-state index contributed by atoms with van der Waals surface area (Å²) in [4.78, 5) is 22.3. The maximum absolute atomic E-state index is 11.5. The van der Waals surface area contributed by atoms with E-state index in [0.29, 0.717) is 19.3 Å². The van der Waals surface area contributed by atoms with Gasteiger partial charge in [-0.05, 0) is 12.8 Å². The van der Waals surface area contributed by atoms with Gasteiger partial charge in [-0.3, -0.25) is 9.59 Å². The van der Waals surface area contributed by atoms with Gasteiger partial charge in [-0.2, -0.15) is 4.36 Å². The molecule has 1 N–H and O–H groups in total. The van der Waals surface area contributed by atoms with E-state index in [2.05, 4.69) is 4.36 Å². The van der Waals surface area contributed by atoms with Crippen molar-refractivity contribution in [2.45, 2.75) is 19.3 Å². The second-order valence-electron chi connectivity index (χ2n) is 3.82. The third kappa shape index (κ3) is 1.95. The number of hydrogen-bond acceptors (Lipinski definition) is 3. The molecule has 5 nitrogen and oxygen atoms in total. The number of carbonyl (C=O) groups is 2. The Hall–Kier alpha value is -0.910. The molecular weight excluding hydrogens is 206 g/mol. The Morgan fingerprint density at radius 2 is 1.86 bits per heavy atom. The topological polar surface area (TPSA) is 83.8 Å². The third-order valence-corrected chi connectivity index (χ3v) is 2.93. The molecule has 1 amide bonds. The lowest BCUT2D eigenvalue weighted by molar-refractivity contribution is -0.160. The van der Waals surface area contributed by atoms with Crippen molar-refractivity contribution in [2.24, 2.45) is 9.78 Å². The van der Waals surface area contributed by atoms with Gasteiger partial charge in [0.2, 0.25) is 0 Å². The van der Waals surface area contributed by atoms with Gasteiger partial charge in [-0.25, -0.2) is 4.21 Å². The van der Waals surface area contributed by atoms with E-state index in [1.807, 2.05) is 0 Å². The summed E-state index contributed by atoms with van der Waals surface area (Å²) >= 11 is 0. The fraction of sp³-hybridized carbons (Fsp3) is 0.750. The highest BCUT2D eigenvalue weighted by Gasteiger charge is 2.51. The lowest BCUT2D eigenvalue weighted by atomic mass is 9.68. The van der Waals surface area contributed by atoms with Crippen molar-refractivity contribution in [1.29, 1.82) is 0 Å². The third-order valence-electron chi connectivity index (χ3n) is 2.33. The molecule has 0 aromatic carbocycles. The van der Waals surface area contributed by atoms with Gasteiger partial charge >= 0.3 is 5.97 Å². The van der Waals surface area contributed by atoms with Gasteiger partial charge in [0.25, 0.3) is 5.91 Å². The zero-order valence-corrected chi connectivity index (χ0v) is 8.97. The van der Waals surface area contributed by atoms with E-state index in [0.717, 1.165) is 0 Å². The number of aliphatic carboxylic acids is 1. The van der Waals surface area contributed by atoms with Crippen molar-refractivity contribution in [2.75, 3.05) is 12.5 Å². The average molecular weight is 219 g/mol. The summed E-state index contributed by atoms with van der Waals surface area (Å²) in [5.41, 5.74) is -1.38. The highest BCUT2D eigenvalue weighted by atomic mass is 32.2. The van der Waals surface area contributed by atoms with Crippen molar-refractivity contribution >= 4 is 21.6 Å². The van der Waals surface area contributed by atoms with Gasteiger partial charge in [-0.1, -0.05) is 6.42 Å². The van der Waals surface area contributed by atoms with E-state index in [1.165, 1.54) is 12.5 Å². The molecule has 0 aromatic heterocycles. The van der Waals surface area contributed by atoms with Crippen LogP contribution in [0.4, 0.5) is 0 Å². The zero-order chi connectivity index (χ0) is 11.0. The SMILES string of the molecule is CS(C)(=O)=NC(=O)C1(C(=O)O)CCC1. The van der Waals surface area contributed by atoms with Crippen LogP contribution in [0, 0.1) is 5.41 Å². The summed E-state index contributed by atoms with van der Waals surface area (Å²) < 4.78 is 14.7. The standard InChI is InChI=1S/C8H13NO4S/c1-14(2,13)9-6(10)8(7(11)12)4-3-5-8/h3-5H2,1-2H3,(H,11,12). The van der Waals surface area contributed by atoms with Gasteiger partial charge in [0, 0.05) is 22.2 Å². The molecule has 0 atom stereocenters. The maximum Gasteiger partial charge on any atom is 0.319 e. The number of amides is 1. The van der Waals surface area contributed by atoms with Gasteiger partial charge in [0.05, 0.1) is 0 Å². The van der Waals surface area contributed by atoms with Crippen LogP contribution >= 0.6 is 0 Å². The Morgan fingerprint density at radius 1 is 1.36 bits per heavy atom. The first-order chi connectivity index (χ1) is 6.28. The summed E-state index contributed by atoms with van der Waals surface area (Å²) in [6, 6.07) is 0. The van der Waals surface area contributed by atoms with Gasteiger partial charge in [0.1, 0.15) is 5.41 Å². The van der Waals surface area contributed by atoms with Crippen molar-refractivity contribution in [3.05, 3.63) is 0 Å². The summed E-state index contributed by atoms with van der Waals surface area (Å²) in [7, 11) is -2.55. The average Bonchev–Trinajstić information content (AvgIpc) is 1.76. The van der Waals surface area contributed by atoms with Crippen LogP contribution < -0.4 is 0 Å². The highest BCUT2D eigenvalue weighted by Crippen LogP contribution is 2.42. The molecular formula is C8H13NO4S. The van der Waals surface area contributed by atoms with Crippen LogP contribution in [-0.4, -0.2) is 33.7 Å². The number of hydrogen-bond donors (Lipinski definition) is 1. The number of carboxylic acid groups (broad SMARTS) is 1. The molecule has 14 heavy (non-hydrogen) atoms. The van der Waals surface area contributed by atoms with E-state index >= 15 is 0 Å². The summed E-state index contributed by atoms with van der Waals surface area (Å²) in [5, 5.41) is 8.88. The summed E-state index contributed by atoms with van der Waals surface area (Å²) in [6.07, 6.45) is 3.96. The minimum Gasteiger partial charge on any atom is -0.480 e. The van der Waals surface area contributed by atoms with Gasteiger partial charge in [0.15, 0.2) is 0 Å². The Kier molecular flexibility index (Phi) is 2.67. The first-order valence-corrected chi connectivity index (χ1v) is 6.56. The van der Waals surface area contributed by atoms with Crippen LogP contribution in [0.15, 0.2) is 4.36 Å². The Balaban J connectivity index is 2.99. The van der Waals surface area contributed by atoms with Crippen LogP contribution in [0.3, 0.4) is 0 Å². The lowest BCUT2D eigenvalue weighted by Gasteiger charge is -2.33. The first kappa shape index (κ1) is 11.2. The minimum absolute atomic E-state index is 0.306. The fourth-order valence-corrected chi connectivity index (χ4v) is 1.91. The molecule has 1 saturated carbocycles. The molecule has 0 heterocycles. The van der Waals surface area contributed by atoms with Crippen molar-refractivity contribution in [1.82, 2.24) is 0 Å². The lowest BCUT2D eigenvalue weighted by Crippen LogP contribution is -2.44. The molecule has 1 aliphatic carbocycles. The smallest absolute Gasteiger partial charge is 0.319 e. The molecule has 80 valence electrons. The molecule has 0 bridgehead atoms. The normalized spacial score (nSPS) is 19.6. The molecule has 1 rings (SSSR count). The Morgan fingerprint density at radius 3 is 2.07 bits per heavy atom. The number of carboxylic acids is 1. The van der Waals surface area contributed by atoms with E-state index in [9.17, 15) is 13.8 Å². The molecule has 0 aliphatic heterocycles. The zero-order valence-electron chi connectivity index (χ0n) is 8.15. The molecule has 0 unspecified atom stereocenters. The molecule has 1 fully saturated rings. The largest absolute Gasteiger partial charge is 0.480 e. The second-order valence-corrected chi connectivity index (χ2v) is 6.36. The van der Waals surface area contributed by atoms with Crippen LogP contribution in [0.25, 0.3) is 0 Å². The molecule has 6 heteroatoms. The van der Waals surface area contributed by atoms with Crippen LogP contribution in [-0.2, 0) is 19.3 Å². The number of carbonyl (C=O) groups excluding carboxylic acids is 1. The Labute approximate surface area is 82.7 Å². The summed E-state index contributed by atoms with van der Waals surface area (Å²) in [5.74, 6) is -1.90. The quantitative estimate of drug-likeness (QED) is 0.685. The fourth-order valence-electron chi connectivity index (χ4n) is 1.34. The second kappa shape index (κ2) is 3.34. The van der Waals surface area contributed by atoms with E-state index in [4.69, 9.17) is 5.11 Å². The van der Waals surface area contributed by atoms with Gasteiger partial charge in [-0.15, -0.1) is 0 Å². The van der Waals surface area contributed by atoms with Crippen LogP contribution in [0.2, 0.25) is 0 Å². The van der Waals surface area contributed by atoms with E-state index < -0.39 is 27.0 Å². The predicted octanol–water partition coefficient (Wildman–Crippen LogP) is 0.495. The molecule has 0 spiro atoms. The van der Waals surface area contributed by atoms with Crippen molar-refractivity contribution in [3.63, 3.8) is 0 Å². The highest BCUT2D eigenvalue weighted by molar-refractivity contribution is 7.92. The molecule has 0 radical (unpaired) electrons. The van der Waals surface area contributed by atoms with E-state index in [-0.39, 0.29) is 0 Å². The Bertz CT molecular complexity index is 380. The summed E-state index contributed by atoms with van der Waals surface area (Å²) in [6.45, 7) is 0. The number of nitrogens with zero attached hydrogens (tertiary/aromatic N) is 1. The van der Waals surface area contributed by atoms with Crippen molar-refractivity contribution < 1.29 is 18.9 Å². The molecule has 0 saturated heterocycles. The van der Waals surface area contributed by atoms with E-state index in [1.54, 1.807) is 0 Å². The predicted molar refractivity (Wildman–Crippen MR) is 51.3 cm³/mol. The van der Waals surface area contributed by atoms with Crippen molar-refractivity contribution in [3.8, 4) is 0 Å². The monoisotopic (exact) mass is 219 g/mol. The van der Waals surface area contributed by atoms with Crippen LogP contribution in [0.1, 0.15) is 19.3 Å². The molecule has 0 aromatic rings. The maximum atomic E-state index is 11.5. The van der Waals surface area contributed by atoms with Crippen LogP contribution in [0.5, 0.6) is 0 Å². The van der Waals surface area contributed by atoms with Gasteiger partial charge < -0.3 is 5.11 Å². The number of rotatable bonds is 2. The molecule has 1 aliphatic rings.